The minimum atomic E-state index is -4.61. The van der Waals surface area contributed by atoms with Gasteiger partial charge in [-0.2, -0.15) is 26.3 Å². The van der Waals surface area contributed by atoms with Crippen LogP contribution in [0.15, 0.2) is 42.6 Å². The fraction of sp³-hybridized carbons (Fsp3) is 0.333. The molecule has 4 nitrogen and oxygen atoms in total. The van der Waals surface area contributed by atoms with Crippen molar-refractivity contribution < 1.29 is 35.9 Å². The molecule has 0 aliphatic rings. The molecule has 28 heavy (non-hydrogen) atoms. The topological polar surface area (TPSA) is 51.2 Å². The number of alkyl halides is 6. The number of aryl methyl sites for hydroxylation is 1. The fourth-order valence-corrected chi connectivity index (χ4v) is 2.20. The Bertz CT molecular complexity index is 788. The molecule has 0 aliphatic carbocycles. The molecule has 2 rings (SSSR count). The van der Waals surface area contributed by atoms with E-state index in [0.29, 0.717) is 11.3 Å². The molecule has 0 fully saturated rings. The number of ether oxygens (including phenoxy) is 1. The maximum absolute atomic E-state index is 12.8. The van der Waals surface area contributed by atoms with Crippen LogP contribution in [0.4, 0.5) is 26.3 Å². The molecule has 0 saturated carbocycles. The fourth-order valence-electron chi connectivity index (χ4n) is 2.20. The molecule has 0 saturated heterocycles. The Kier molecular flexibility index (Phi) is 6.87. The zero-order chi connectivity index (χ0) is 20.8. The number of pyridine rings is 1. The number of carbonyl (C=O) groups is 1. The third-order valence-electron chi connectivity index (χ3n) is 3.60. The second-order valence-corrected chi connectivity index (χ2v) is 5.83. The van der Waals surface area contributed by atoms with Gasteiger partial charge in [-0.15, -0.1) is 0 Å². The van der Waals surface area contributed by atoms with Gasteiger partial charge in [0.2, 0.25) is 0 Å². The Morgan fingerprint density at radius 3 is 2.36 bits per heavy atom. The van der Waals surface area contributed by atoms with Gasteiger partial charge >= 0.3 is 12.4 Å². The standard InChI is InChI=1S/C18H16F6N2O2/c19-17(20,21)8-7-12-5-6-13(25-9-12)10-26-16(27)11-28-15-4-2-1-3-14(15)18(22,23)24/h1-6,9H,7-8,10-11H2,(H,26,27). The molecule has 1 amide bonds. The molecular weight excluding hydrogens is 390 g/mol. The van der Waals surface area contributed by atoms with E-state index in [1.54, 1.807) is 0 Å². The quantitative estimate of drug-likeness (QED) is 0.698. The van der Waals surface area contributed by atoms with E-state index in [9.17, 15) is 31.1 Å². The summed E-state index contributed by atoms with van der Waals surface area (Å²) in [6.45, 7) is -0.667. The number of para-hydroxylation sites is 1. The van der Waals surface area contributed by atoms with Crippen LogP contribution < -0.4 is 10.1 Å². The Morgan fingerprint density at radius 2 is 1.75 bits per heavy atom. The van der Waals surface area contributed by atoms with Gasteiger partial charge in [-0.3, -0.25) is 9.78 Å². The smallest absolute Gasteiger partial charge is 0.419 e. The molecule has 0 unspecified atom stereocenters. The molecule has 2 aromatic rings. The van der Waals surface area contributed by atoms with Crippen LogP contribution in [0.25, 0.3) is 0 Å². The van der Waals surface area contributed by atoms with Gasteiger partial charge in [-0.1, -0.05) is 18.2 Å². The first kappa shape index (κ1) is 21.5. The summed E-state index contributed by atoms with van der Waals surface area (Å²) in [5.41, 5.74) is -0.196. The number of hydrogen-bond donors (Lipinski definition) is 1. The Hall–Kier alpha value is -2.78. The van der Waals surface area contributed by atoms with Crippen molar-refractivity contribution in [3.8, 4) is 5.75 Å². The largest absolute Gasteiger partial charge is 0.483 e. The van der Waals surface area contributed by atoms with E-state index in [0.717, 1.165) is 12.1 Å². The van der Waals surface area contributed by atoms with Gasteiger partial charge in [0.25, 0.3) is 5.91 Å². The predicted octanol–water partition coefficient (Wildman–Crippen LogP) is 4.29. The molecule has 0 aliphatic heterocycles. The summed E-state index contributed by atoms with van der Waals surface area (Å²) in [6, 6.07) is 7.45. The number of amides is 1. The van der Waals surface area contributed by atoms with Crippen LogP contribution in [0.3, 0.4) is 0 Å². The van der Waals surface area contributed by atoms with Crippen molar-refractivity contribution in [2.45, 2.75) is 31.7 Å². The van der Waals surface area contributed by atoms with Crippen molar-refractivity contribution in [2.24, 2.45) is 0 Å². The van der Waals surface area contributed by atoms with E-state index < -0.39 is 42.6 Å². The lowest BCUT2D eigenvalue weighted by Crippen LogP contribution is -2.29. The van der Waals surface area contributed by atoms with Crippen LogP contribution in [0.1, 0.15) is 23.2 Å². The van der Waals surface area contributed by atoms with E-state index in [4.69, 9.17) is 4.74 Å². The van der Waals surface area contributed by atoms with E-state index in [1.807, 2.05) is 0 Å². The summed E-state index contributed by atoms with van der Waals surface area (Å²) in [7, 11) is 0. The highest BCUT2D eigenvalue weighted by Crippen LogP contribution is 2.35. The molecule has 0 bridgehead atoms. The number of rotatable bonds is 7. The molecule has 0 radical (unpaired) electrons. The van der Waals surface area contributed by atoms with Gasteiger partial charge in [-0.05, 0) is 30.2 Å². The van der Waals surface area contributed by atoms with E-state index >= 15 is 0 Å². The number of hydrogen-bond acceptors (Lipinski definition) is 3. The van der Waals surface area contributed by atoms with Gasteiger partial charge in [0.1, 0.15) is 5.75 Å². The van der Waals surface area contributed by atoms with E-state index in [1.165, 1.54) is 30.5 Å². The Balaban J connectivity index is 1.82. The second-order valence-electron chi connectivity index (χ2n) is 5.83. The number of halogens is 6. The van der Waals surface area contributed by atoms with E-state index in [-0.39, 0.29) is 13.0 Å². The normalized spacial score (nSPS) is 11.9. The first-order chi connectivity index (χ1) is 13.0. The van der Waals surface area contributed by atoms with Crippen LogP contribution in [0.5, 0.6) is 5.75 Å². The third-order valence-corrected chi connectivity index (χ3v) is 3.60. The number of nitrogens with one attached hydrogen (secondary N) is 1. The molecule has 0 spiro atoms. The lowest BCUT2D eigenvalue weighted by molar-refractivity contribution is -0.139. The summed E-state index contributed by atoms with van der Waals surface area (Å²) in [5, 5.41) is 2.42. The minimum absolute atomic E-state index is 0.0390. The molecule has 1 N–H and O–H groups in total. The molecule has 10 heteroatoms. The van der Waals surface area contributed by atoms with Gasteiger partial charge < -0.3 is 10.1 Å². The number of benzene rings is 1. The van der Waals surface area contributed by atoms with Crippen LogP contribution in [-0.4, -0.2) is 23.7 Å². The van der Waals surface area contributed by atoms with Crippen LogP contribution >= 0.6 is 0 Å². The number of nitrogens with zero attached hydrogens (tertiary/aromatic N) is 1. The van der Waals surface area contributed by atoms with Crippen LogP contribution in [-0.2, 0) is 23.9 Å². The average molecular weight is 406 g/mol. The van der Waals surface area contributed by atoms with Gasteiger partial charge in [0.05, 0.1) is 17.8 Å². The summed E-state index contributed by atoms with van der Waals surface area (Å²) < 4.78 is 80.0. The number of carbonyl (C=O) groups excluding carboxylic acids is 1. The maximum atomic E-state index is 12.8. The highest BCUT2D eigenvalue weighted by molar-refractivity contribution is 5.77. The Labute approximate surface area is 156 Å². The van der Waals surface area contributed by atoms with Crippen molar-refractivity contribution in [1.29, 1.82) is 0 Å². The highest BCUT2D eigenvalue weighted by Gasteiger charge is 2.34. The maximum Gasteiger partial charge on any atom is 0.419 e. The zero-order valence-corrected chi connectivity index (χ0v) is 14.4. The van der Waals surface area contributed by atoms with Gasteiger partial charge in [0, 0.05) is 12.6 Å². The van der Waals surface area contributed by atoms with Gasteiger partial charge in [-0.25, -0.2) is 0 Å². The highest BCUT2D eigenvalue weighted by atomic mass is 19.4. The van der Waals surface area contributed by atoms with Crippen molar-refractivity contribution in [2.75, 3.05) is 6.61 Å². The summed E-state index contributed by atoms with van der Waals surface area (Å²) in [5.74, 6) is -1.13. The molecular formula is C18H16F6N2O2. The van der Waals surface area contributed by atoms with Gasteiger partial charge in [0.15, 0.2) is 6.61 Å². The first-order valence-electron chi connectivity index (χ1n) is 8.11. The molecule has 152 valence electrons. The molecule has 0 atom stereocenters. The third kappa shape index (κ3) is 7.09. The van der Waals surface area contributed by atoms with Crippen molar-refractivity contribution in [1.82, 2.24) is 10.3 Å². The molecule has 1 aromatic carbocycles. The van der Waals surface area contributed by atoms with Crippen LogP contribution in [0, 0.1) is 0 Å². The first-order valence-corrected chi connectivity index (χ1v) is 8.11. The molecule has 1 heterocycles. The Morgan fingerprint density at radius 1 is 1.04 bits per heavy atom. The van der Waals surface area contributed by atoms with Crippen LogP contribution in [0.2, 0.25) is 0 Å². The average Bonchev–Trinajstić information content (AvgIpc) is 2.62. The summed E-state index contributed by atoms with van der Waals surface area (Å²) >= 11 is 0. The second kappa shape index (κ2) is 8.94. The zero-order valence-electron chi connectivity index (χ0n) is 14.4. The lowest BCUT2D eigenvalue weighted by Gasteiger charge is -2.13. The van der Waals surface area contributed by atoms with E-state index in [2.05, 4.69) is 10.3 Å². The lowest BCUT2D eigenvalue weighted by atomic mass is 10.1. The summed E-state index contributed by atoms with van der Waals surface area (Å²) in [4.78, 5) is 15.7. The number of aromatic nitrogens is 1. The van der Waals surface area contributed by atoms with Crippen molar-refractivity contribution >= 4 is 5.91 Å². The van der Waals surface area contributed by atoms with Crippen molar-refractivity contribution in [3.63, 3.8) is 0 Å². The monoisotopic (exact) mass is 406 g/mol. The van der Waals surface area contributed by atoms with Crippen molar-refractivity contribution in [3.05, 3.63) is 59.4 Å². The minimum Gasteiger partial charge on any atom is -0.483 e. The predicted molar refractivity (Wildman–Crippen MR) is 87.4 cm³/mol. The molecule has 1 aromatic heterocycles. The summed E-state index contributed by atoms with van der Waals surface area (Å²) in [6.07, 6.45) is -8.73. The SMILES string of the molecule is O=C(COc1ccccc1C(F)(F)F)NCc1ccc(CCC(F)(F)F)cn1.